The molecule has 0 spiro atoms. The molecule has 1 heteroatoms. The maximum Gasteiger partial charge on any atom is 0.0207 e. The van der Waals surface area contributed by atoms with Gasteiger partial charge in [0.15, 0.2) is 0 Å². The van der Waals surface area contributed by atoms with Crippen molar-refractivity contribution in [2.75, 3.05) is 0 Å². The Morgan fingerprint density at radius 1 is 0.298 bits per heavy atom. The van der Waals surface area contributed by atoms with E-state index in [1.54, 1.807) is 0 Å². The lowest BCUT2D eigenvalue weighted by molar-refractivity contribution is 1.41. The molecule has 0 fully saturated rings. The lowest BCUT2D eigenvalue weighted by Crippen LogP contribution is -1.95. The standard InChI is InChI=1S/C46H28S/c1-2-13-30-28-31(25-24-29(30)12-1)44-36-17-5-7-19-38(36)45(39-20-8-6-18-37(39)44)41-26-27-43-46-35(21-11-22-40(41)46)33-15-4-3-14-32(33)34-16-9-10-23-42(34)47-43/h1-28H. The van der Waals surface area contributed by atoms with Gasteiger partial charge >= 0.3 is 0 Å². The minimum absolute atomic E-state index is 1.25. The van der Waals surface area contributed by atoms with Gasteiger partial charge in [-0.1, -0.05) is 163 Å². The summed E-state index contributed by atoms with van der Waals surface area (Å²) in [6.07, 6.45) is 0. The van der Waals surface area contributed by atoms with Gasteiger partial charge in [0.2, 0.25) is 0 Å². The Bertz CT molecular complexity index is 2660. The maximum absolute atomic E-state index is 2.37. The maximum atomic E-state index is 2.37. The molecule has 218 valence electrons. The molecule has 9 aromatic rings. The van der Waals surface area contributed by atoms with Crippen molar-refractivity contribution in [3.8, 4) is 44.5 Å². The number of hydrogen-bond acceptors (Lipinski definition) is 1. The van der Waals surface area contributed by atoms with Gasteiger partial charge in [-0.3, -0.25) is 0 Å². The van der Waals surface area contributed by atoms with Gasteiger partial charge in [-0.2, -0.15) is 0 Å². The van der Waals surface area contributed by atoms with Gasteiger partial charge in [-0.05, 0) is 100 Å². The van der Waals surface area contributed by atoms with E-state index in [-0.39, 0.29) is 0 Å². The highest BCUT2D eigenvalue weighted by atomic mass is 32.2. The van der Waals surface area contributed by atoms with Gasteiger partial charge in [0.1, 0.15) is 0 Å². The Morgan fingerprint density at radius 3 is 1.60 bits per heavy atom. The minimum Gasteiger partial charge on any atom is -0.0888 e. The number of rotatable bonds is 2. The van der Waals surface area contributed by atoms with E-state index in [0.717, 1.165) is 0 Å². The van der Waals surface area contributed by atoms with Crippen LogP contribution in [0.25, 0.3) is 87.6 Å². The Labute approximate surface area is 278 Å². The van der Waals surface area contributed by atoms with Gasteiger partial charge in [0.05, 0.1) is 0 Å². The van der Waals surface area contributed by atoms with Crippen molar-refractivity contribution in [1.29, 1.82) is 0 Å². The van der Waals surface area contributed by atoms with Gasteiger partial charge < -0.3 is 0 Å². The van der Waals surface area contributed by atoms with Crippen LogP contribution >= 0.6 is 11.8 Å². The summed E-state index contributed by atoms with van der Waals surface area (Å²) in [6.45, 7) is 0. The third kappa shape index (κ3) is 4.03. The highest BCUT2D eigenvalue weighted by Crippen LogP contribution is 2.51. The smallest absolute Gasteiger partial charge is 0.0207 e. The molecule has 0 saturated carbocycles. The van der Waals surface area contributed by atoms with Crippen LogP contribution < -0.4 is 0 Å². The molecule has 0 bridgehead atoms. The van der Waals surface area contributed by atoms with Crippen LogP contribution in [0.1, 0.15) is 0 Å². The molecule has 0 saturated heterocycles. The summed E-state index contributed by atoms with van der Waals surface area (Å²) in [5.74, 6) is 0. The molecule has 1 aliphatic rings. The first-order chi connectivity index (χ1) is 23.3. The van der Waals surface area contributed by atoms with Crippen LogP contribution in [0, 0.1) is 0 Å². The molecule has 0 radical (unpaired) electrons. The lowest BCUT2D eigenvalue weighted by atomic mass is 9.83. The molecule has 0 unspecified atom stereocenters. The summed E-state index contributed by atoms with van der Waals surface area (Å²) < 4.78 is 0. The lowest BCUT2D eigenvalue weighted by Gasteiger charge is -2.23. The second-order valence-corrected chi connectivity index (χ2v) is 13.5. The van der Waals surface area contributed by atoms with Crippen LogP contribution in [-0.2, 0) is 0 Å². The van der Waals surface area contributed by atoms with Crippen LogP contribution in [0.5, 0.6) is 0 Å². The van der Waals surface area contributed by atoms with Crippen LogP contribution in [0.15, 0.2) is 180 Å². The molecule has 0 amide bonds. The van der Waals surface area contributed by atoms with E-state index in [2.05, 4.69) is 170 Å². The summed E-state index contributed by atoms with van der Waals surface area (Å²) in [7, 11) is 0. The topological polar surface area (TPSA) is 0 Å². The van der Waals surface area contributed by atoms with E-state index in [1.165, 1.54) is 97.4 Å². The number of fused-ring (bicyclic) bond motifs is 7. The second-order valence-electron chi connectivity index (χ2n) is 12.4. The van der Waals surface area contributed by atoms with Crippen LogP contribution in [-0.4, -0.2) is 0 Å². The fraction of sp³-hybridized carbons (Fsp3) is 0. The highest BCUT2D eigenvalue weighted by molar-refractivity contribution is 7.99. The van der Waals surface area contributed by atoms with E-state index in [4.69, 9.17) is 0 Å². The summed E-state index contributed by atoms with van der Waals surface area (Å²) in [5, 5.41) is 10.2. The van der Waals surface area contributed by atoms with Crippen molar-refractivity contribution in [3.63, 3.8) is 0 Å². The zero-order chi connectivity index (χ0) is 30.9. The molecule has 0 aliphatic carbocycles. The fourth-order valence-electron chi connectivity index (χ4n) is 7.83. The second kappa shape index (κ2) is 10.5. The molecule has 0 aromatic heterocycles. The van der Waals surface area contributed by atoms with Crippen molar-refractivity contribution < 1.29 is 0 Å². The largest absolute Gasteiger partial charge is 0.0888 e. The Morgan fingerprint density at radius 2 is 0.851 bits per heavy atom. The first kappa shape index (κ1) is 26.6. The van der Waals surface area contributed by atoms with Crippen molar-refractivity contribution in [3.05, 3.63) is 170 Å². The molecule has 10 rings (SSSR count). The van der Waals surface area contributed by atoms with Crippen LogP contribution in [0.4, 0.5) is 0 Å². The minimum atomic E-state index is 1.25. The van der Waals surface area contributed by atoms with Crippen LogP contribution in [0.2, 0.25) is 0 Å². The van der Waals surface area contributed by atoms with Crippen molar-refractivity contribution in [2.45, 2.75) is 9.79 Å². The average molecular weight is 613 g/mol. The van der Waals surface area contributed by atoms with E-state index in [1.807, 2.05) is 11.8 Å². The molecule has 1 aliphatic heterocycles. The normalized spacial score (nSPS) is 12.2. The summed E-state index contributed by atoms with van der Waals surface area (Å²) in [5.41, 5.74) is 10.3. The van der Waals surface area contributed by atoms with Gasteiger partial charge in [0, 0.05) is 15.2 Å². The van der Waals surface area contributed by atoms with Crippen molar-refractivity contribution >= 4 is 54.9 Å². The van der Waals surface area contributed by atoms with E-state index < -0.39 is 0 Å². The molecule has 9 aromatic carbocycles. The number of benzene rings is 9. The first-order valence-corrected chi connectivity index (χ1v) is 17.0. The molecule has 0 atom stereocenters. The van der Waals surface area contributed by atoms with Crippen LogP contribution in [0.3, 0.4) is 0 Å². The highest BCUT2D eigenvalue weighted by Gasteiger charge is 2.23. The quantitative estimate of drug-likeness (QED) is 0.175. The zero-order valence-electron chi connectivity index (χ0n) is 25.6. The molecule has 47 heavy (non-hydrogen) atoms. The summed E-state index contributed by atoms with van der Waals surface area (Å²) in [4.78, 5) is 2.59. The van der Waals surface area contributed by atoms with E-state index in [9.17, 15) is 0 Å². The Hall–Kier alpha value is -5.63. The predicted molar refractivity (Wildman–Crippen MR) is 202 cm³/mol. The third-order valence-electron chi connectivity index (χ3n) is 9.86. The van der Waals surface area contributed by atoms with Gasteiger partial charge in [0.25, 0.3) is 0 Å². The van der Waals surface area contributed by atoms with E-state index >= 15 is 0 Å². The van der Waals surface area contributed by atoms with Gasteiger partial charge in [-0.25, -0.2) is 0 Å². The fourth-order valence-corrected chi connectivity index (χ4v) is 8.96. The molecular weight excluding hydrogens is 585 g/mol. The molecule has 1 heterocycles. The predicted octanol–water partition coefficient (Wildman–Crippen LogP) is 13.4. The van der Waals surface area contributed by atoms with E-state index in [0.29, 0.717) is 0 Å². The zero-order valence-corrected chi connectivity index (χ0v) is 26.4. The van der Waals surface area contributed by atoms with Gasteiger partial charge in [-0.15, -0.1) is 0 Å². The summed E-state index contributed by atoms with van der Waals surface area (Å²) >= 11 is 1.88. The van der Waals surface area contributed by atoms with Crippen molar-refractivity contribution in [2.24, 2.45) is 0 Å². The average Bonchev–Trinajstić information content (AvgIpc) is 3.13. The Balaban J connectivity index is 1.31. The first-order valence-electron chi connectivity index (χ1n) is 16.2. The Kier molecular flexibility index (Phi) is 5.91. The number of hydrogen-bond donors (Lipinski definition) is 0. The third-order valence-corrected chi connectivity index (χ3v) is 11.0. The van der Waals surface area contributed by atoms with Crippen molar-refractivity contribution in [1.82, 2.24) is 0 Å². The molecule has 0 N–H and O–H groups in total. The molecular formula is C46H28S. The monoisotopic (exact) mass is 612 g/mol. The molecule has 0 nitrogen and oxygen atoms in total. The SMILES string of the molecule is c1ccc2c(c1)Sc1ccc(-c3c4ccccc4c(-c4ccc5ccccc5c4)c4ccccc34)c3cccc(c13)-c1ccccc1-2. The summed E-state index contributed by atoms with van der Waals surface area (Å²) in [6, 6.07) is 62.9.